The smallest absolute Gasteiger partial charge is 0.334 e. The molecule has 1 aliphatic carbocycles. The third-order valence-corrected chi connectivity index (χ3v) is 4.69. The van der Waals surface area contributed by atoms with Crippen molar-refractivity contribution in [3.05, 3.63) is 47.0 Å². The summed E-state index contributed by atoms with van der Waals surface area (Å²) >= 11 is 0. The van der Waals surface area contributed by atoms with Gasteiger partial charge in [0.1, 0.15) is 12.2 Å². The van der Waals surface area contributed by atoms with E-state index in [1.165, 1.54) is 6.92 Å². The minimum atomic E-state index is -0.710. The van der Waals surface area contributed by atoms with Crippen LogP contribution in [-0.4, -0.2) is 11.9 Å². The van der Waals surface area contributed by atoms with Gasteiger partial charge in [0, 0.05) is 17.9 Å². The maximum Gasteiger partial charge on any atom is 0.334 e. The quantitative estimate of drug-likeness (QED) is 0.628. The maximum atomic E-state index is 12.1. The summed E-state index contributed by atoms with van der Waals surface area (Å²) in [5, 5.41) is 0. The van der Waals surface area contributed by atoms with Crippen molar-refractivity contribution in [2.45, 2.75) is 53.2 Å². The van der Waals surface area contributed by atoms with Crippen molar-refractivity contribution in [2.75, 3.05) is 0 Å². The van der Waals surface area contributed by atoms with Gasteiger partial charge in [-0.2, -0.15) is 0 Å². The van der Waals surface area contributed by atoms with Crippen LogP contribution >= 0.6 is 0 Å². The Bertz CT molecular complexity index is 672. The first kappa shape index (κ1) is 17.3. The third kappa shape index (κ3) is 3.16. The molecule has 0 fully saturated rings. The zero-order valence-electron chi connectivity index (χ0n) is 14.5. The highest BCUT2D eigenvalue weighted by Crippen LogP contribution is 2.52. The normalized spacial score (nSPS) is 21.4. The fourth-order valence-corrected chi connectivity index (χ4v) is 3.01. The summed E-state index contributed by atoms with van der Waals surface area (Å²) in [6, 6.07) is 5.91. The van der Waals surface area contributed by atoms with Crippen LogP contribution in [0.1, 0.15) is 51.3 Å². The Morgan fingerprint density at radius 1 is 1.22 bits per heavy atom. The van der Waals surface area contributed by atoms with Crippen LogP contribution in [0.15, 0.2) is 30.4 Å². The molecule has 1 aromatic rings. The largest absolute Gasteiger partial charge is 0.461 e. The number of hydrogen-bond donors (Lipinski definition) is 0. The van der Waals surface area contributed by atoms with Gasteiger partial charge in [0.15, 0.2) is 0 Å². The molecular weight excluding hydrogens is 292 g/mol. The lowest BCUT2D eigenvalue weighted by molar-refractivity contribution is -0.166. The van der Waals surface area contributed by atoms with Gasteiger partial charge in [-0.15, -0.1) is 0 Å². The first-order valence-corrected chi connectivity index (χ1v) is 7.71. The van der Waals surface area contributed by atoms with Gasteiger partial charge in [-0.1, -0.05) is 38.6 Å². The summed E-state index contributed by atoms with van der Waals surface area (Å²) in [5.74, 6) is -0.677. The molecule has 0 aliphatic heterocycles. The van der Waals surface area contributed by atoms with E-state index in [4.69, 9.17) is 9.47 Å². The number of fused-ring (bicyclic) bond motifs is 1. The molecule has 1 aliphatic rings. The molecule has 0 aromatic heterocycles. The molecule has 0 bridgehead atoms. The Labute approximate surface area is 137 Å². The lowest BCUT2D eigenvalue weighted by Crippen LogP contribution is -2.40. The summed E-state index contributed by atoms with van der Waals surface area (Å²) in [5.41, 5.74) is 2.51. The van der Waals surface area contributed by atoms with Crippen molar-refractivity contribution < 1.29 is 19.1 Å². The Morgan fingerprint density at radius 3 is 2.43 bits per heavy atom. The van der Waals surface area contributed by atoms with E-state index in [9.17, 15) is 9.59 Å². The van der Waals surface area contributed by atoms with Crippen molar-refractivity contribution >= 4 is 11.9 Å². The molecule has 1 atom stereocenters. The predicted molar refractivity (Wildman–Crippen MR) is 87.7 cm³/mol. The van der Waals surface area contributed by atoms with E-state index in [-0.39, 0.29) is 24.0 Å². The van der Waals surface area contributed by atoms with E-state index < -0.39 is 5.60 Å². The van der Waals surface area contributed by atoms with E-state index in [0.29, 0.717) is 5.57 Å². The van der Waals surface area contributed by atoms with Gasteiger partial charge < -0.3 is 9.47 Å². The van der Waals surface area contributed by atoms with E-state index >= 15 is 0 Å². The van der Waals surface area contributed by atoms with Crippen molar-refractivity contribution in [3.8, 4) is 0 Å². The van der Waals surface area contributed by atoms with Gasteiger partial charge in [0.05, 0.1) is 0 Å². The van der Waals surface area contributed by atoms with E-state index in [1.807, 2.05) is 25.1 Å². The van der Waals surface area contributed by atoms with E-state index in [2.05, 4.69) is 20.4 Å². The molecule has 23 heavy (non-hydrogen) atoms. The first-order valence-electron chi connectivity index (χ1n) is 7.71. The van der Waals surface area contributed by atoms with Gasteiger partial charge in [0.25, 0.3) is 0 Å². The number of rotatable bonds is 4. The van der Waals surface area contributed by atoms with E-state index in [0.717, 1.165) is 23.1 Å². The molecule has 0 saturated heterocycles. The van der Waals surface area contributed by atoms with Gasteiger partial charge >= 0.3 is 11.9 Å². The molecule has 0 N–H and O–H groups in total. The molecule has 2 rings (SSSR count). The number of hydrogen-bond acceptors (Lipinski definition) is 4. The predicted octanol–water partition coefficient (Wildman–Crippen LogP) is 3.67. The number of carbonyl (C=O) groups is 2. The molecule has 124 valence electrons. The topological polar surface area (TPSA) is 52.6 Å². The maximum absolute atomic E-state index is 12.1. The van der Waals surface area contributed by atoms with Crippen LogP contribution in [0.4, 0.5) is 0 Å². The Hall–Kier alpha value is -2.10. The molecule has 0 heterocycles. The average Bonchev–Trinajstić information content (AvgIpc) is 2.62. The third-order valence-electron chi connectivity index (χ3n) is 4.69. The summed E-state index contributed by atoms with van der Waals surface area (Å²) in [6.45, 7) is 13.1. The molecule has 4 nitrogen and oxygen atoms in total. The van der Waals surface area contributed by atoms with Crippen molar-refractivity contribution in [3.63, 3.8) is 0 Å². The highest BCUT2D eigenvalue weighted by atomic mass is 16.6. The lowest BCUT2D eigenvalue weighted by Gasteiger charge is -2.38. The van der Waals surface area contributed by atoms with Gasteiger partial charge in [-0.05, 0) is 37.0 Å². The SMILES string of the molecule is C=C(C)C(=O)OC1(C)c2ccc(COC(C)=O)cc2CC1(C)C. The van der Waals surface area contributed by atoms with Crippen molar-refractivity contribution in [2.24, 2.45) is 5.41 Å². The molecule has 0 radical (unpaired) electrons. The van der Waals surface area contributed by atoms with Crippen LogP contribution in [-0.2, 0) is 37.7 Å². The van der Waals surface area contributed by atoms with Crippen LogP contribution in [0.2, 0.25) is 0 Å². The molecule has 0 spiro atoms. The highest BCUT2D eigenvalue weighted by molar-refractivity contribution is 5.87. The molecule has 1 unspecified atom stereocenters. The van der Waals surface area contributed by atoms with Crippen molar-refractivity contribution in [1.29, 1.82) is 0 Å². The number of carbonyl (C=O) groups excluding carboxylic acids is 2. The summed E-state index contributed by atoms with van der Waals surface area (Å²) in [6.07, 6.45) is 0.788. The van der Waals surface area contributed by atoms with Crippen LogP contribution in [0.5, 0.6) is 0 Å². The van der Waals surface area contributed by atoms with Crippen LogP contribution in [0, 0.1) is 5.41 Å². The monoisotopic (exact) mass is 316 g/mol. The summed E-state index contributed by atoms with van der Waals surface area (Å²) in [7, 11) is 0. The van der Waals surface area contributed by atoms with Gasteiger partial charge in [0.2, 0.25) is 0 Å². The highest BCUT2D eigenvalue weighted by Gasteiger charge is 2.52. The number of esters is 2. The molecular formula is C19H24O4. The Balaban J connectivity index is 2.35. The molecule has 0 amide bonds. The van der Waals surface area contributed by atoms with Crippen LogP contribution < -0.4 is 0 Å². The second-order valence-electron chi connectivity index (χ2n) is 7.04. The van der Waals surface area contributed by atoms with Gasteiger partial charge in [-0.3, -0.25) is 4.79 Å². The summed E-state index contributed by atoms with van der Waals surface area (Å²) in [4.78, 5) is 23.0. The number of ether oxygens (including phenoxy) is 2. The minimum absolute atomic E-state index is 0.236. The molecule has 1 aromatic carbocycles. The lowest BCUT2D eigenvalue weighted by atomic mass is 9.76. The second-order valence-corrected chi connectivity index (χ2v) is 7.04. The number of benzene rings is 1. The summed E-state index contributed by atoms with van der Waals surface area (Å²) < 4.78 is 10.9. The zero-order valence-corrected chi connectivity index (χ0v) is 14.5. The Morgan fingerprint density at radius 2 is 1.87 bits per heavy atom. The first-order chi connectivity index (χ1) is 10.6. The van der Waals surface area contributed by atoms with Crippen LogP contribution in [0.3, 0.4) is 0 Å². The standard InChI is InChI=1S/C19H24O4/c1-12(2)17(21)23-19(6)16-8-7-14(11-22-13(3)20)9-15(16)10-18(19,4)5/h7-9H,1,10-11H2,2-6H3. The molecule has 0 saturated carbocycles. The fraction of sp³-hybridized carbons (Fsp3) is 0.474. The minimum Gasteiger partial charge on any atom is -0.461 e. The Kier molecular flexibility index (Phi) is 4.38. The fourth-order valence-electron chi connectivity index (χ4n) is 3.01. The molecule has 4 heteroatoms. The van der Waals surface area contributed by atoms with Crippen LogP contribution in [0.25, 0.3) is 0 Å². The zero-order chi connectivity index (χ0) is 17.4. The van der Waals surface area contributed by atoms with Crippen molar-refractivity contribution in [1.82, 2.24) is 0 Å². The average molecular weight is 316 g/mol. The van der Waals surface area contributed by atoms with Gasteiger partial charge in [-0.25, -0.2) is 4.79 Å². The second kappa shape index (κ2) is 5.84. The van der Waals surface area contributed by atoms with E-state index in [1.54, 1.807) is 6.92 Å².